The van der Waals surface area contributed by atoms with Crippen LogP contribution in [0.15, 0.2) is 18.2 Å². The summed E-state index contributed by atoms with van der Waals surface area (Å²) in [4.78, 5) is 0. The molecule has 2 N–H and O–H groups in total. The van der Waals surface area contributed by atoms with Crippen LogP contribution < -0.4 is 10.5 Å². The molecule has 1 saturated carbocycles. The Morgan fingerprint density at radius 2 is 1.95 bits per heavy atom. The van der Waals surface area contributed by atoms with E-state index in [1.165, 1.54) is 6.42 Å². The molecule has 4 heteroatoms. The summed E-state index contributed by atoms with van der Waals surface area (Å²) in [6, 6.07) is 5.59. The van der Waals surface area contributed by atoms with E-state index in [2.05, 4.69) is 0 Å². The Balaban J connectivity index is 2.44. The summed E-state index contributed by atoms with van der Waals surface area (Å²) >= 11 is 0. The number of benzene rings is 1. The number of alkyl halides is 2. The predicted molar refractivity (Wildman–Crippen MR) is 71.6 cm³/mol. The zero-order valence-electron chi connectivity index (χ0n) is 11.3. The third kappa shape index (κ3) is 2.89. The van der Waals surface area contributed by atoms with Crippen LogP contribution in [0, 0.1) is 6.92 Å². The van der Waals surface area contributed by atoms with E-state index in [0.29, 0.717) is 12.3 Å². The molecular formula is C15H21F2NO. The summed E-state index contributed by atoms with van der Waals surface area (Å²) in [6.45, 7) is -0.511. The third-order valence-electron chi connectivity index (χ3n) is 4.19. The monoisotopic (exact) mass is 269 g/mol. The van der Waals surface area contributed by atoms with E-state index in [4.69, 9.17) is 10.5 Å². The van der Waals surface area contributed by atoms with Crippen LogP contribution in [0.4, 0.5) is 8.78 Å². The number of aryl methyl sites for hydroxylation is 1. The van der Waals surface area contributed by atoms with Gasteiger partial charge in [-0.05, 0) is 25.3 Å². The van der Waals surface area contributed by atoms with E-state index in [0.717, 1.165) is 36.8 Å². The van der Waals surface area contributed by atoms with Crippen LogP contribution in [-0.2, 0) is 5.41 Å². The van der Waals surface area contributed by atoms with Gasteiger partial charge in [0.05, 0.1) is 0 Å². The normalized spacial score (nSPS) is 18.6. The van der Waals surface area contributed by atoms with Crippen molar-refractivity contribution in [2.24, 2.45) is 5.73 Å². The van der Waals surface area contributed by atoms with Crippen molar-refractivity contribution in [1.29, 1.82) is 0 Å². The Hall–Kier alpha value is -1.16. The molecule has 0 amide bonds. The highest BCUT2D eigenvalue weighted by Gasteiger charge is 2.35. The van der Waals surface area contributed by atoms with Gasteiger partial charge in [0.2, 0.25) is 0 Å². The van der Waals surface area contributed by atoms with Crippen LogP contribution in [0.3, 0.4) is 0 Å². The Bertz CT molecular complexity index is 428. The lowest BCUT2D eigenvalue weighted by atomic mass is 9.69. The molecule has 19 heavy (non-hydrogen) atoms. The van der Waals surface area contributed by atoms with Crippen molar-refractivity contribution >= 4 is 0 Å². The van der Waals surface area contributed by atoms with Gasteiger partial charge in [0.25, 0.3) is 0 Å². The third-order valence-corrected chi connectivity index (χ3v) is 4.19. The second-order valence-corrected chi connectivity index (χ2v) is 5.38. The highest BCUT2D eigenvalue weighted by molar-refractivity contribution is 5.46. The topological polar surface area (TPSA) is 35.2 Å². The molecular weight excluding hydrogens is 248 g/mol. The first-order chi connectivity index (χ1) is 9.09. The smallest absolute Gasteiger partial charge is 0.387 e. The molecule has 0 heterocycles. The second kappa shape index (κ2) is 5.87. The van der Waals surface area contributed by atoms with Crippen LogP contribution >= 0.6 is 0 Å². The zero-order chi connectivity index (χ0) is 13.9. The van der Waals surface area contributed by atoms with Crippen molar-refractivity contribution in [2.75, 3.05) is 6.54 Å². The molecule has 0 bridgehead atoms. The number of ether oxygens (including phenoxy) is 1. The molecule has 1 aromatic rings. The Morgan fingerprint density at radius 1 is 1.26 bits per heavy atom. The van der Waals surface area contributed by atoms with Crippen molar-refractivity contribution in [1.82, 2.24) is 0 Å². The summed E-state index contributed by atoms with van der Waals surface area (Å²) in [6.07, 6.45) is 5.29. The first-order valence-electron chi connectivity index (χ1n) is 6.84. The van der Waals surface area contributed by atoms with Crippen LogP contribution in [0.2, 0.25) is 0 Å². The minimum atomic E-state index is -2.79. The van der Waals surface area contributed by atoms with E-state index >= 15 is 0 Å². The predicted octanol–water partition coefficient (Wildman–Crippen LogP) is 3.76. The van der Waals surface area contributed by atoms with Gasteiger partial charge < -0.3 is 10.5 Å². The van der Waals surface area contributed by atoms with Gasteiger partial charge in [0, 0.05) is 17.5 Å². The summed E-state index contributed by atoms with van der Waals surface area (Å²) in [7, 11) is 0. The fourth-order valence-corrected chi connectivity index (χ4v) is 3.13. The molecule has 1 aliphatic rings. The highest BCUT2D eigenvalue weighted by atomic mass is 19.3. The van der Waals surface area contributed by atoms with E-state index in [1.807, 2.05) is 12.1 Å². The van der Waals surface area contributed by atoms with E-state index < -0.39 is 6.61 Å². The van der Waals surface area contributed by atoms with Gasteiger partial charge in [-0.25, -0.2) is 0 Å². The summed E-state index contributed by atoms with van der Waals surface area (Å²) in [5.74, 6) is 0.324. The maximum atomic E-state index is 12.6. The lowest BCUT2D eigenvalue weighted by Gasteiger charge is -2.38. The van der Waals surface area contributed by atoms with E-state index in [1.54, 1.807) is 13.0 Å². The van der Waals surface area contributed by atoms with Gasteiger partial charge in [-0.2, -0.15) is 8.78 Å². The van der Waals surface area contributed by atoms with Crippen molar-refractivity contribution in [3.63, 3.8) is 0 Å². The number of para-hydroxylation sites is 1. The first kappa shape index (κ1) is 14.3. The number of hydrogen-bond donors (Lipinski definition) is 1. The van der Waals surface area contributed by atoms with Crippen molar-refractivity contribution in [3.05, 3.63) is 29.3 Å². The van der Waals surface area contributed by atoms with Gasteiger partial charge in [0.15, 0.2) is 0 Å². The molecule has 0 saturated heterocycles. The number of nitrogens with two attached hydrogens (primary N) is 1. The summed E-state index contributed by atoms with van der Waals surface area (Å²) in [5.41, 5.74) is 7.38. The van der Waals surface area contributed by atoms with Crippen LogP contribution in [-0.4, -0.2) is 13.2 Å². The molecule has 1 fully saturated rings. The minimum Gasteiger partial charge on any atom is -0.434 e. The molecule has 106 valence electrons. The molecule has 0 aliphatic heterocycles. The van der Waals surface area contributed by atoms with Crippen LogP contribution in [0.25, 0.3) is 0 Å². The van der Waals surface area contributed by atoms with Crippen LogP contribution in [0.5, 0.6) is 5.75 Å². The molecule has 1 aliphatic carbocycles. The second-order valence-electron chi connectivity index (χ2n) is 5.38. The molecule has 0 unspecified atom stereocenters. The van der Waals surface area contributed by atoms with Crippen molar-refractivity contribution in [2.45, 2.75) is 51.1 Å². The molecule has 2 rings (SSSR count). The fourth-order valence-electron chi connectivity index (χ4n) is 3.13. The lowest BCUT2D eigenvalue weighted by Crippen LogP contribution is -2.37. The average molecular weight is 269 g/mol. The van der Waals surface area contributed by atoms with E-state index in [9.17, 15) is 8.78 Å². The summed E-state index contributed by atoms with van der Waals surface area (Å²) in [5, 5.41) is 0. The molecule has 1 aromatic carbocycles. The molecule has 2 nitrogen and oxygen atoms in total. The molecule has 0 radical (unpaired) electrons. The maximum absolute atomic E-state index is 12.6. The van der Waals surface area contributed by atoms with Crippen molar-refractivity contribution < 1.29 is 13.5 Å². The summed E-state index contributed by atoms with van der Waals surface area (Å²) < 4.78 is 30.0. The largest absolute Gasteiger partial charge is 0.434 e. The quantitative estimate of drug-likeness (QED) is 0.903. The van der Waals surface area contributed by atoms with E-state index in [-0.39, 0.29) is 5.41 Å². The minimum absolute atomic E-state index is 0.200. The van der Waals surface area contributed by atoms with Gasteiger partial charge in [-0.3, -0.25) is 0 Å². The standard InChI is InChI=1S/C15H21F2NO/c1-11-6-5-7-12(13(11)19-14(16)17)15(10-18)8-3-2-4-9-15/h5-7,14H,2-4,8-10,18H2,1H3. The van der Waals surface area contributed by atoms with Crippen molar-refractivity contribution in [3.8, 4) is 5.75 Å². The first-order valence-corrected chi connectivity index (χ1v) is 6.84. The fraction of sp³-hybridized carbons (Fsp3) is 0.600. The maximum Gasteiger partial charge on any atom is 0.387 e. The molecule has 0 aromatic heterocycles. The Morgan fingerprint density at radius 3 is 2.53 bits per heavy atom. The number of halogens is 2. The van der Waals surface area contributed by atoms with Gasteiger partial charge >= 0.3 is 6.61 Å². The van der Waals surface area contributed by atoms with Gasteiger partial charge in [-0.1, -0.05) is 37.5 Å². The van der Waals surface area contributed by atoms with Gasteiger partial charge in [-0.15, -0.1) is 0 Å². The lowest BCUT2D eigenvalue weighted by molar-refractivity contribution is -0.0517. The number of rotatable bonds is 4. The highest BCUT2D eigenvalue weighted by Crippen LogP contribution is 2.43. The van der Waals surface area contributed by atoms with Crippen LogP contribution in [0.1, 0.15) is 43.2 Å². The SMILES string of the molecule is Cc1cccc(C2(CN)CCCCC2)c1OC(F)F. The Labute approximate surface area is 112 Å². The van der Waals surface area contributed by atoms with Gasteiger partial charge in [0.1, 0.15) is 5.75 Å². The molecule has 0 spiro atoms. The number of hydrogen-bond acceptors (Lipinski definition) is 2. The Kier molecular flexibility index (Phi) is 4.40. The average Bonchev–Trinajstić information content (AvgIpc) is 2.41. The zero-order valence-corrected chi connectivity index (χ0v) is 11.3. The molecule has 0 atom stereocenters.